The van der Waals surface area contributed by atoms with Crippen molar-refractivity contribution in [3.63, 3.8) is 0 Å². The van der Waals surface area contributed by atoms with E-state index in [1.54, 1.807) is 19.3 Å². The molecule has 0 radical (unpaired) electrons. The molecule has 2 fully saturated rings. The predicted octanol–water partition coefficient (Wildman–Crippen LogP) is 4.39. The lowest BCUT2D eigenvalue weighted by Crippen LogP contribution is -2.33. The van der Waals surface area contributed by atoms with Gasteiger partial charge in [0.15, 0.2) is 0 Å². The van der Waals surface area contributed by atoms with E-state index in [0.717, 1.165) is 17.3 Å². The zero-order chi connectivity index (χ0) is 9.31. The summed E-state index contributed by atoms with van der Waals surface area (Å²) < 4.78 is 0. The second-order valence-electron chi connectivity index (χ2n) is 5.76. The average molecular weight is 180 g/mol. The number of rotatable bonds is 0. The molecule has 0 N–H and O–H groups in total. The monoisotopic (exact) mass is 180 g/mol. The molecule has 2 atom stereocenters. The van der Waals surface area contributed by atoms with Crippen LogP contribution in [0, 0.1) is 17.3 Å². The summed E-state index contributed by atoms with van der Waals surface area (Å²) in [7, 11) is 0. The van der Waals surface area contributed by atoms with E-state index in [4.69, 9.17) is 0 Å². The molecule has 0 aromatic heterocycles. The maximum absolute atomic E-state index is 2.47. The van der Waals surface area contributed by atoms with Gasteiger partial charge < -0.3 is 0 Å². The molecule has 0 bridgehead atoms. The molecule has 13 heavy (non-hydrogen) atoms. The summed E-state index contributed by atoms with van der Waals surface area (Å²) in [5.41, 5.74) is 0.810. The molecule has 0 aliphatic heterocycles. The minimum absolute atomic E-state index is 0.810. The van der Waals surface area contributed by atoms with Crippen molar-refractivity contribution in [3.8, 4) is 0 Å². The van der Waals surface area contributed by atoms with E-state index in [2.05, 4.69) is 13.8 Å². The van der Waals surface area contributed by atoms with Crippen LogP contribution in [0.1, 0.15) is 65.2 Å². The highest BCUT2D eigenvalue weighted by molar-refractivity contribution is 4.89. The van der Waals surface area contributed by atoms with Crippen molar-refractivity contribution < 1.29 is 0 Å². The van der Waals surface area contributed by atoms with Gasteiger partial charge in [-0.25, -0.2) is 0 Å². The maximum atomic E-state index is 2.47. The zero-order valence-corrected chi connectivity index (χ0v) is 9.31. The van der Waals surface area contributed by atoms with Gasteiger partial charge in [-0.15, -0.1) is 0 Å². The van der Waals surface area contributed by atoms with Crippen molar-refractivity contribution in [1.29, 1.82) is 0 Å². The Labute approximate surface area is 83.1 Å². The topological polar surface area (TPSA) is 0 Å². The Morgan fingerprint density at radius 1 is 0.846 bits per heavy atom. The molecule has 2 saturated carbocycles. The Morgan fingerprint density at radius 3 is 2.15 bits per heavy atom. The zero-order valence-electron chi connectivity index (χ0n) is 9.31. The Bertz CT molecular complexity index is 165. The van der Waals surface area contributed by atoms with Crippen LogP contribution in [0.4, 0.5) is 0 Å². The van der Waals surface area contributed by atoms with Crippen LogP contribution < -0.4 is 0 Å². The summed E-state index contributed by atoms with van der Waals surface area (Å²) in [5, 5.41) is 0. The van der Waals surface area contributed by atoms with Gasteiger partial charge in [-0.05, 0) is 49.4 Å². The summed E-state index contributed by atoms with van der Waals surface area (Å²) in [5.74, 6) is 1.99. The van der Waals surface area contributed by atoms with Crippen LogP contribution in [-0.2, 0) is 0 Å². The van der Waals surface area contributed by atoms with Crippen LogP contribution >= 0.6 is 0 Å². The summed E-state index contributed by atoms with van der Waals surface area (Å²) in [4.78, 5) is 0. The predicted molar refractivity (Wildman–Crippen MR) is 57.7 cm³/mol. The van der Waals surface area contributed by atoms with Gasteiger partial charge in [0.1, 0.15) is 0 Å². The quantitative estimate of drug-likeness (QED) is 0.518. The second kappa shape index (κ2) is 3.63. The van der Waals surface area contributed by atoms with Crippen molar-refractivity contribution in [2.75, 3.05) is 0 Å². The van der Waals surface area contributed by atoms with E-state index in [9.17, 15) is 0 Å². The minimum Gasteiger partial charge on any atom is -0.0623 e. The van der Waals surface area contributed by atoms with Crippen LogP contribution in [-0.4, -0.2) is 0 Å². The van der Waals surface area contributed by atoms with E-state index in [0.29, 0.717) is 0 Å². The molecule has 2 aliphatic rings. The van der Waals surface area contributed by atoms with Crippen molar-refractivity contribution in [3.05, 3.63) is 0 Å². The van der Waals surface area contributed by atoms with Crippen LogP contribution in [0.5, 0.6) is 0 Å². The molecule has 1 spiro atoms. The van der Waals surface area contributed by atoms with Gasteiger partial charge in [0, 0.05) is 0 Å². The average Bonchev–Trinajstić information content (AvgIpc) is 2.14. The summed E-state index contributed by atoms with van der Waals surface area (Å²) in [6.07, 6.45) is 12.2. The lowest BCUT2D eigenvalue weighted by Gasteiger charge is -2.45. The summed E-state index contributed by atoms with van der Waals surface area (Å²) >= 11 is 0. The molecule has 0 aromatic carbocycles. The molecule has 2 unspecified atom stereocenters. The third-order valence-electron chi connectivity index (χ3n) is 4.77. The van der Waals surface area contributed by atoms with Gasteiger partial charge in [0.2, 0.25) is 0 Å². The lowest BCUT2D eigenvalue weighted by atomic mass is 9.60. The van der Waals surface area contributed by atoms with Gasteiger partial charge in [0.25, 0.3) is 0 Å². The lowest BCUT2D eigenvalue weighted by molar-refractivity contribution is 0.0639. The third kappa shape index (κ3) is 1.92. The first-order chi connectivity index (χ1) is 6.22. The van der Waals surface area contributed by atoms with E-state index in [1.165, 1.54) is 32.1 Å². The van der Waals surface area contributed by atoms with Crippen LogP contribution in [0.2, 0.25) is 0 Å². The first-order valence-electron chi connectivity index (χ1n) is 6.22. The Morgan fingerprint density at radius 2 is 1.54 bits per heavy atom. The molecule has 0 nitrogen and oxygen atoms in total. The molecule has 2 aliphatic carbocycles. The Balaban J connectivity index is 1.99. The second-order valence-corrected chi connectivity index (χ2v) is 5.76. The largest absolute Gasteiger partial charge is 0.0623 e. The van der Waals surface area contributed by atoms with Gasteiger partial charge in [-0.2, -0.15) is 0 Å². The van der Waals surface area contributed by atoms with E-state index in [1.807, 2.05) is 0 Å². The molecule has 0 aromatic rings. The van der Waals surface area contributed by atoms with Crippen LogP contribution in [0.15, 0.2) is 0 Å². The highest BCUT2D eigenvalue weighted by Gasteiger charge is 2.37. The fraction of sp³-hybridized carbons (Fsp3) is 1.00. The van der Waals surface area contributed by atoms with Crippen molar-refractivity contribution >= 4 is 0 Å². The third-order valence-corrected chi connectivity index (χ3v) is 4.77. The first kappa shape index (κ1) is 9.55. The van der Waals surface area contributed by atoms with E-state index >= 15 is 0 Å². The van der Waals surface area contributed by atoms with Gasteiger partial charge in [0.05, 0.1) is 0 Å². The van der Waals surface area contributed by atoms with Crippen LogP contribution in [0.25, 0.3) is 0 Å². The molecule has 0 amide bonds. The minimum atomic E-state index is 0.810. The highest BCUT2D eigenvalue weighted by atomic mass is 14.4. The smallest absolute Gasteiger partial charge is 0.0295 e. The molecule has 0 heteroatoms. The fourth-order valence-electron chi connectivity index (χ4n) is 3.56. The molecule has 0 heterocycles. The van der Waals surface area contributed by atoms with Gasteiger partial charge in [-0.3, -0.25) is 0 Å². The summed E-state index contributed by atoms with van der Waals surface area (Å²) in [6.45, 7) is 4.92. The van der Waals surface area contributed by atoms with E-state index in [-0.39, 0.29) is 0 Å². The van der Waals surface area contributed by atoms with Crippen LogP contribution in [0.3, 0.4) is 0 Å². The molecular weight excluding hydrogens is 156 g/mol. The molecule has 0 saturated heterocycles. The maximum Gasteiger partial charge on any atom is -0.0295 e. The van der Waals surface area contributed by atoms with Crippen molar-refractivity contribution in [2.24, 2.45) is 17.3 Å². The van der Waals surface area contributed by atoms with Crippen molar-refractivity contribution in [1.82, 2.24) is 0 Å². The Kier molecular flexibility index (Phi) is 2.67. The Hall–Kier alpha value is 0. The summed E-state index contributed by atoms with van der Waals surface area (Å²) in [6, 6.07) is 0. The SMILES string of the molecule is CC1CCC2(CCCCC2)CC1C. The van der Waals surface area contributed by atoms with Gasteiger partial charge in [-0.1, -0.05) is 33.1 Å². The molecule has 2 rings (SSSR count). The number of hydrogen-bond donors (Lipinski definition) is 0. The first-order valence-corrected chi connectivity index (χ1v) is 6.22. The fourth-order valence-corrected chi connectivity index (χ4v) is 3.56. The highest BCUT2D eigenvalue weighted by Crippen LogP contribution is 2.50. The van der Waals surface area contributed by atoms with E-state index < -0.39 is 0 Å². The van der Waals surface area contributed by atoms with Crippen molar-refractivity contribution in [2.45, 2.75) is 65.2 Å². The standard InChI is InChI=1S/C13H24/c1-11-6-9-13(10-12(11)2)7-4-3-5-8-13/h11-12H,3-10H2,1-2H3. The van der Waals surface area contributed by atoms with Gasteiger partial charge >= 0.3 is 0 Å². The molecule has 76 valence electrons. The molecular formula is C13H24. The normalized spacial score (nSPS) is 39.2. The number of hydrogen-bond acceptors (Lipinski definition) is 0.